The van der Waals surface area contributed by atoms with Crippen LogP contribution in [0.3, 0.4) is 0 Å². The van der Waals surface area contributed by atoms with Gasteiger partial charge in [-0.1, -0.05) is 78.9 Å². The number of hydrogen-bond acceptors (Lipinski definition) is 4. The number of likely N-dealkylation sites (tertiary alicyclic amines) is 1. The van der Waals surface area contributed by atoms with Crippen LogP contribution in [0.15, 0.2) is 84.9 Å². The first-order valence-electron chi connectivity index (χ1n) is 12.8. The Bertz CT molecular complexity index is 955. The Labute approximate surface area is 205 Å². The van der Waals surface area contributed by atoms with Gasteiger partial charge in [-0.2, -0.15) is 0 Å². The van der Waals surface area contributed by atoms with E-state index in [1.807, 2.05) is 7.05 Å². The molecule has 180 valence electrons. The van der Waals surface area contributed by atoms with Gasteiger partial charge in [0.1, 0.15) is 11.9 Å². The molecule has 1 heterocycles. The summed E-state index contributed by atoms with van der Waals surface area (Å²) in [7, 11) is 1.99. The molecular weight excluding hydrogens is 418 g/mol. The zero-order chi connectivity index (χ0) is 23.4. The summed E-state index contributed by atoms with van der Waals surface area (Å²) in [5, 5.41) is 7.07. The minimum absolute atomic E-state index is 0.0441. The summed E-state index contributed by atoms with van der Waals surface area (Å²) in [5.41, 5.74) is 3.89. The molecule has 1 aliphatic rings. The van der Waals surface area contributed by atoms with E-state index in [0.29, 0.717) is 6.04 Å². The highest BCUT2D eigenvalue weighted by Crippen LogP contribution is 2.28. The Morgan fingerprint density at radius 2 is 1.56 bits per heavy atom. The van der Waals surface area contributed by atoms with E-state index >= 15 is 0 Å². The Morgan fingerprint density at radius 1 is 0.882 bits per heavy atom. The van der Waals surface area contributed by atoms with Crippen molar-refractivity contribution in [3.63, 3.8) is 0 Å². The third-order valence-electron chi connectivity index (χ3n) is 6.80. The molecule has 0 radical (unpaired) electrons. The molecule has 0 bridgehead atoms. The maximum Gasteiger partial charge on any atom is 0.125 e. The van der Waals surface area contributed by atoms with E-state index in [0.717, 1.165) is 38.2 Å². The molecule has 1 saturated heterocycles. The number of ether oxygens (including phenoxy) is 1. The van der Waals surface area contributed by atoms with Crippen molar-refractivity contribution < 1.29 is 4.74 Å². The summed E-state index contributed by atoms with van der Waals surface area (Å²) in [6.45, 7) is 5.26. The van der Waals surface area contributed by atoms with E-state index in [2.05, 4.69) is 100 Å². The Hall–Kier alpha value is -2.66. The second-order valence-electron chi connectivity index (χ2n) is 9.25. The maximum absolute atomic E-state index is 6.58. The van der Waals surface area contributed by atoms with Crippen molar-refractivity contribution >= 4 is 0 Å². The molecule has 3 aromatic carbocycles. The van der Waals surface area contributed by atoms with Gasteiger partial charge in [0.25, 0.3) is 0 Å². The zero-order valence-corrected chi connectivity index (χ0v) is 20.5. The molecule has 0 amide bonds. The molecule has 0 spiro atoms. The van der Waals surface area contributed by atoms with Gasteiger partial charge in [0.15, 0.2) is 0 Å². The van der Waals surface area contributed by atoms with E-state index in [-0.39, 0.29) is 6.10 Å². The second-order valence-corrected chi connectivity index (χ2v) is 9.25. The number of rotatable bonds is 12. The quantitative estimate of drug-likeness (QED) is 0.391. The average Bonchev–Trinajstić information content (AvgIpc) is 2.91. The SMILES string of the molecule is CNCCC(Oc1ccccc1CNC1CCN(CCc2ccccc2)CC1)c1ccccc1. The number of hydrogen-bond donors (Lipinski definition) is 2. The average molecular weight is 458 g/mol. The van der Waals surface area contributed by atoms with Gasteiger partial charge in [0.2, 0.25) is 0 Å². The van der Waals surface area contributed by atoms with E-state index in [4.69, 9.17) is 4.74 Å². The lowest BCUT2D eigenvalue weighted by molar-refractivity contribution is 0.189. The van der Waals surface area contributed by atoms with Gasteiger partial charge >= 0.3 is 0 Å². The summed E-state index contributed by atoms with van der Waals surface area (Å²) in [5.74, 6) is 0.986. The molecule has 4 nitrogen and oxygen atoms in total. The lowest BCUT2D eigenvalue weighted by Gasteiger charge is -2.32. The first kappa shape index (κ1) is 24.5. The van der Waals surface area contributed by atoms with Crippen LogP contribution in [0.5, 0.6) is 5.75 Å². The number of benzene rings is 3. The molecule has 4 heteroatoms. The van der Waals surface area contributed by atoms with E-state index < -0.39 is 0 Å². The third kappa shape index (κ3) is 7.42. The predicted octanol–water partition coefficient (Wildman–Crippen LogP) is 5.21. The van der Waals surface area contributed by atoms with E-state index in [9.17, 15) is 0 Å². The van der Waals surface area contributed by atoms with Gasteiger partial charge in [-0.05, 0) is 63.1 Å². The van der Waals surface area contributed by atoms with E-state index in [1.165, 1.54) is 42.6 Å². The fourth-order valence-corrected chi connectivity index (χ4v) is 4.70. The van der Waals surface area contributed by atoms with Crippen molar-refractivity contribution in [1.29, 1.82) is 0 Å². The van der Waals surface area contributed by atoms with E-state index in [1.54, 1.807) is 0 Å². The molecule has 3 aromatic rings. The summed E-state index contributed by atoms with van der Waals surface area (Å²) < 4.78 is 6.58. The standard InChI is InChI=1S/C30H39N3O/c1-31-20-16-30(26-12-6-3-7-13-26)34-29-15-9-8-14-27(29)24-32-28-18-22-33(23-19-28)21-17-25-10-4-2-5-11-25/h2-15,28,30-32H,16-24H2,1H3. The molecule has 1 fully saturated rings. The molecule has 0 aliphatic carbocycles. The summed E-state index contributed by atoms with van der Waals surface area (Å²) in [6.07, 6.45) is 4.52. The minimum Gasteiger partial charge on any atom is -0.485 e. The molecule has 1 aliphatic heterocycles. The highest BCUT2D eigenvalue weighted by atomic mass is 16.5. The van der Waals surface area contributed by atoms with Crippen LogP contribution in [0.2, 0.25) is 0 Å². The van der Waals surface area contributed by atoms with Crippen LogP contribution in [0.1, 0.15) is 42.1 Å². The molecule has 0 saturated carbocycles. The highest BCUT2D eigenvalue weighted by Gasteiger charge is 2.20. The zero-order valence-electron chi connectivity index (χ0n) is 20.5. The summed E-state index contributed by atoms with van der Waals surface area (Å²) >= 11 is 0. The summed E-state index contributed by atoms with van der Waals surface area (Å²) in [6, 6.07) is 30.4. The molecule has 4 rings (SSSR count). The van der Waals surface area contributed by atoms with Gasteiger partial charge in [-0.3, -0.25) is 0 Å². The summed E-state index contributed by atoms with van der Waals surface area (Å²) in [4.78, 5) is 2.61. The van der Waals surface area contributed by atoms with Crippen LogP contribution in [-0.2, 0) is 13.0 Å². The van der Waals surface area contributed by atoms with Gasteiger partial charge in [0.05, 0.1) is 0 Å². The van der Waals surface area contributed by atoms with Gasteiger partial charge < -0.3 is 20.3 Å². The fourth-order valence-electron chi connectivity index (χ4n) is 4.70. The van der Waals surface area contributed by atoms with Crippen LogP contribution in [-0.4, -0.2) is 44.2 Å². The normalized spacial score (nSPS) is 15.8. The van der Waals surface area contributed by atoms with Crippen molar-refractivity contribution in [3.8, 4) is 5.75 Å². The molecular formula is C30H39N3O. The Morgan fingerprint density at radius 3 is 2.29 bits per heavy atom. The number of nitrogens with zero attached hydrogens (tertiary/aromatic N) is 1. The molecule has 34 heavy (non-hydrogen) atoms. The molecule has 1 unspecified atom stereocenters. The fraction of sp³-hybridized carbons (Fsp3) is 0.400. The second kappa shape index (κ2) is 13.3. The number of para-hydroxylation sites is 1. The molecule has 1 atom stereocenters. The lowest BCUT2D eigenvalue weighted by atomic mass is 10.0. The monoisotopic (exact) mass is 457 g/mol. The van der Waals surface area contributed by atoms with Crippen molar-refractivity contribution in [3.05, 3.63) is 102 Å². The van der Waals surface area contributed by atoms with Gasteiger partial charge in [-0.15, -0.1) is 0 Å². The van der Waals surface area contributed by atoms with Crippen molar-refractivity contribution in [2.75, 3.05) is 33.2 Å². The lowest BCUT2D eigenvalue weighted by Crippen LogP contribution is -2.42. The first-order chi connectivity index (χ1) is 16.8. The van der Waals surface area contributed by atoms with Crippen molar-refractivity contribution in [1.82, 2.24) is 15.5 Å². The van der Waals surface area contributed by atoms with Crippen molar-refractivity contribution in [2.45, 2.75) is 44.4 Å². The van der Waals surface area contributed by atoms with Crippen LogP contribution < -0.4 is 15.4 Å². The highest BCUT2D eigenvalue weighted by molar-refractivity contribution is 5.34. The Balaban J connectivity index is 1.28. The Kier molecular flexibility index (Phi) is 9.56. The van der Waals surface area contributed by atoms with Crippen LogP contribution >= 0.6 is 0 Å². The first-order valence-corrected chi connectivity index (χ1v) is 12.8. The topological polar surface area (TPSA) is 36.5 Å². The minimum atomic E-state index is 0.0441. The number of nitrogens with one attached hydrogen (secondary N) is 2. The van der Waals surface area contributed by atoms with Gasteiger partial charge in [0, 0.05) is 31.1 Å². The molecule has 0 aromatic heterocycles. The third-order valence-corrected chi connectivity index (χ3v) is 6.80. The smallest absolute Gasteiger partial charge is 0.125 e. The van der Waals surface area contributed by atoms with Crippen molar-refractivity contribution in [2.24, 2.45) is 0 Å². The molecule has 2 N–H and O–H groups in total. The predicted molar refractivity (Wildman–Crippen MR) is 141 cm³/mol. The van der Waals surface area contributed by atoms with Crippen LogP contribution in [0.25, 0.3) is 0 Å². The number of piperidine rings is 1. The largest absolute Gasteiger partial charge is 0.485 e. The van der Waals surface area contributed by atoms with Crippen LogP contribution in [0.4, 0.5) is 0 Å². The van der Waals surface area contributed by atoms with Crippen LogP contribution in [0, 0.1) is 0 Å². The van der Waals surface area contributed by atoms with Gasteiger partial charge in [-0.25, -0.2) is 0 Å². The maximum atomic E-state index is 6.58.